The predicted molar refractivity (Wildman–Crippen MR) is 80.6 cm³/mol. The van der Waals surface area contributed by atoms with Crippen LogP contribution in [0.2, 0.25) is 5.02 Å². The van der Waals surface area contributed by atoms with Gasteiger partial charge in [-0.05, 0) is 23.6 Å². The summed E-state index contributed by atoms with van der Waals surface area (Å²) in [5, 5.41) is 3.14. The van der Waals surface area contributed by atoms with Gasteiger partial charge in [0.15, 0.2) is 0 Å². The number of nitrogens with two attached hydrogens (primary N) is 1. The normalized spacial score (nSPS) is 10.3. The summed E-state index contributed by atoms with van der Waals surface area (Å²) in [5.74, 6) is 0.00449. The van der Waals surface area contributed by atoms with E-state index >= 15 is 0 Å². The Hall–Kier alpha value is -2.07. The number of halogens is 1. The van der Waals surface area contributed by atoms with E-state index in [2.05, 4.69) is 23.3 Å². The van der Waals surface area contributed by atoms with E-state index in [1.807, 2.05) is 18.2 Å². The van der Waals surface area contributed by atoms with Crippen molar-refractivity contribution in [3.63, 3.8) is 0 Å². The van der Waals surface area contributed by atoms with Crippen LogP contribution < -0.4 is 11.1 Å². The van der Waals surface area contributed by atoms with E-state index in [0.29, 0.717) is 12.1 Å². The molecule has 104 valence electrons. The van der Waals surface area contributed by atoms with Crippen molar-refractivity contribution in [3.05, 3.63) is 58.2 Å². The predicted octanol–water partition coefficient (Wildman–Crippen LogP) is 2.81. The highest BCUT2D eigenvalue weighted by Gasteiger charge is 2.09. The van der Waals surface area contributed by atoms with Crippen molar-refractivity contribution in [3.8, 4) is 0 Å². The van der Waals surface area contributed by atoms with Gasteiger partial charge in [-0.25, -0.2) is 4.98 Å². The molecule has 0 aliphatic carbocycles. The van der Waals surface area contributed by atoms with Crippen LogP contribution in [0.4, 0.5) is 5.82 Å². The molecule has 3 N–H and O–H groups in total. The van der Waals surface area contributed by atoms with Gasteiger partial charge in [-0.3, -0.25) is 4.79 Å². The topological polar surface area (TPSA) is 68.0 Å². The molecule has 2 rings (SSSR count). The summed E-state index contributed by atoms with van der Waals surface area (Å²) in [6.07, 6.45) is 2.35. The Morgan fingerprint density at radius 2 is 2.05 bits per heavy atom. The largest absolute Gasteiger partial charge is 0.382 e. The summed E-state index contributed by atoms with van der Waals surface area (Å²) in [7, 11) is 0. The lowest BCUT2D eigenvalue weighted by molar-refractivity contribution is 0.0950. The number of hydrogen-bond donors (Lipinski definition) is 2. The summed E-state index contributed by atoms with van der Waals surface area (Å²) >= 11 is 5.86. The summed E-state index contributed by atoms with van der Waals surface area (Å²) in [5.41, 5.74) is 8.25. The molecule has 1 heterocycles. The van der Waals surface area contributed by atoms with Crippen LogP contribution in [0.5, 0.6) is 0 Å². The van der Waals surface area contributed by atoms with E-state index in [0.717, 1.165) is 12.0 Å². The number of rotatable bonds is 4. The Morgan fingerprint density at radius 3 is 2.70 bits per heavy atom. The highest BCUT2D eigenvalue weighted by molar-refractivity contribution is 6.33. The van der Waals surface area contributed by atoms with Gasteiger partial charge in [-0.2, -0.15) is 0 Å². The molecule has 1 amide bonds. The van der Waals surface area contributed by atoms with Crippen LogP contribution in [-0.2, 0) is 13.0 Å². The van der Waals surface area contributed by atoms with E-state index < -0.39 is 0 Å². The molecule has 0 fully saturated rings. The average Bonchev–Trinajstić information content (AvgIpc) is 2.47. The van der Waals surface area contributed by atoms with Crippen LogP contribution >= 0.6 is 11.6 Å². The number of anilines is 1. The van der Waals surface area contributed by atoms with Crippen LogP contribution in [0.15, 0.2) is 36.5 Å². The van der Waals surface area contributed by atoms with Gasteiger partial charge in [0.1, 0.15) is 5.82 Å². The zero-order valence-electron chi connectivity index (χ0n) is 11.2. The third kappa shape index (κ3) is 3.27. The van der Waals surface area contributed by atoms with Gasteiger partial charge >= 0.3 is 0 Å². The minimum Gasteiger partial charge on any atom is -0.382 e. The van der Waals surface area contributed by atoms with Crippen molar-refractivity contribution in [2.24, 2.45) is 0 Å². The number of pyridine rings is 1. The SMILES string of the molecule is CCc1ccccc1CNC(=O)c1cnc(N)c(Cl)c1. The number of nitrogens with one attached hydrogen (secondary N) is 1. The first kappa shape index (κ1) is 14.3. The number of nitrogens with zero attached hydrogens (tertiary/aromatic N) is 1. The lowest BCUT2D eigenvalue weighted by Crippen LogP contribution is -2.23. The van der Waals surface area contributed by atoms with Gasteiger partial charge in [0.05, 0.1) is 10.6 Å². The van der Waals surface area contributed by atoms with Gasteiger partial charge in [-0.1, -0.05) is 42.8 Å². The first-order valence-corrected chi connectivity index (χ1v) is 6.75. The molecule has 0 bridgehead atoms. The Kier molecular flexibility index (Phi) is 4.58. The molecule has 0 saturated heterocycles. The molecule has 1 aromatic heterocycles. The molecule has 0 aliphatic rings. The standard InChI is InChI=1S/C15H16ClN3O/c1-2-10-5-3-4-6-11(10)8-19-15(20)12-7-13(16)14(17)18-9-12/h3-7,9H,2,8H2,1H3,(H2,17,18)(H,19,20). The smallest absolute Gasteiger partial charge is 0.253 e. The van der Waals surface area contributed by atoms with Gasteiger partial charge in [0, 0.05) is 12.7 Å². The average molecular weight is 290 g/mol. The van der Waals surface area contributed by atoms with Crippen LogP contribution in [0.25, 0.3) is 0 Å². The second-order valence-corrected chi connectivity index (χ2v) is 4.80. The van der Waals surface area contributed by atoms with Crippen molar-refractivity contribution in [1.82, 2.24) is 10.3 Å². The number of nitrogen functional groups attached to an aromatic ring is 1. The Labute approximate surface area is 123 Å². The third-order valence-corrected chi connectivity index (χ3v) is 3.37. The molecule has 0 spiro atoms. The van der Waals surface area contributed by atoms with E-state index in [-0.39, 0.29) is 16.7 Å². The third-order valence-electron chi connectivity index (χ3n) is 3.07. The molecular formula is C15H16ClN3O. The second-order valence-electron chi connectivity index (χ2n) is 4.40. The van der Waals surface area contributed by atoms with Gasteiger partial charge < -0.3 is 11.1 Å². The first-order valence-electron chi connectivity index (χ1n) is 6.37. The molecular weight excluding hydrogens is 274 g/mol. The number of carbonyl (C=O) groups excluding carboxylic acids is 1. The quantitative estimate of drug-likeness (QED) is 0.909. The molecule has 1 aromatic carbocycles. The molecule has 2 aromatic rings. The Bertz CT molecular complexity index is 628. The van der Waals surface area contributed by atoms with E-state index in [1.165, 1.54) is 17.8 Å². The number of aryl methyl sites for hydroxylation is 1. The fraction of sp³-hybridized carbons (Fsp3) is 0.200. The van der Waals surface area contributed by atoms with Crippen molar-refractivity contribution in [2.75, 3.05) is 5.73 Å². The van der Waals surface area contributed by atoms with Gasteiger partial charge in [0.2, 0.25) is 0 Å². The Morgan fingerprint density at radius 1 is 1.35 bits per heavy atom. The Balaban J connectivity index is 2.06. The molecule has 0 unspecified atom stereocenters. The van der Waals surface area contributed by atoms with Crippen molar-refractivity contribution in [1.29, 1.82) is 0 Å². The summed E-state index contributed by atoms with van der Waals surface area (Å²) in [6.45, 7) is 2.56. The molecule has 0 radical (unpaired) electrons. The number of hydrogen-bond acceptors (Lipinski definition) is 3. The molecule has 20 heavy (non-hydrogen) atoms. The molecule has 0 saturated carbocycles. The van der Waals surface area contributed by atoms with E-state index in [4.69, 9.17) is 17.3 Å². The van der Waals surface area contributed by atoms with Crippen molar-refractivity contribution >= 4 is 23.3 Å². The van der Waals surface area contributed by atoms with Gasteiger partial charge in [0.25, 0.3) is 5.91 Å². The first-order chi connectivity index (χ1) is 9.61. The number of aromatic nitrogens is 1. The minimum absolute atomic E-state index is 0.217. The van der Waals surface area contributed by atoms with Crippen LogP contribution in [0.3, 0.4) is 0 Å². The lowest BCUT2D eigenvalue weighted by atomic mass is 10.1. The van der Waals surface area contributed by atoms with Crippen molar-refractivity contribution in [2.45, 2.75) is 19.9 Å². The van der Waals surface area contributed by atoms with Crippen LogP contribution in [-0.4, -0.2) is 10.9 Å². The van der Waals surface area contributed by atoms with Crippen LogP contribution in [0, 0.1) is 0 Å². The van der Waals surface area contributed by atoms with Gasteiger partial charge in [-0.15, -0.1) is 0 Å². The van der Waals surface area contributed by atoms with E-state index in [1.54, 1.807) is 0 Å². The maximum absolute atomic E-state index is 12.0. The number of amides is 1. The summed E-state index contributed by atoms with van der Waals surface area (Å²) < 4.78 is 0. The zero-order valence-corrected chi connectivity index (χ0v) is 11.9. The number of carbonyl (C=O) groups is 1. The minimum atomic E-state index is -0.217. The zero-order chi connectivity index (χ0) is 14.5. The second kappa shape index (κ2) is 6.39. The molecule has 0 aliphatic heterocycles. The molecule has 0 atom stereocenters. The monoisotopic (exact) mass is 289 g/mol. The fourth-order valence-electron chi connectivity index (χ4n) is 1.93. The highest BCUT2D eigenvalue weighted by atomic mass is 35.5. The maximum atomic E-state index is 12.0. The summed E-state index contributed by atoms with van der Waals surface area (Å²) in [6, 6.07) is 9.54. The summed E-state index contributed by atoms with van der Waals surface area (Å²) in [4.78, 5) is 15.9. The van der Waals surface area contributed by atoms with E-state index in [9.17, 15) is 4.79 Å². The molecule has 4 nitrogen and oxygen atoms in total. The lowest BCUT2D eigenvalue weighted by Gasteiger charge is -2.09. The molecule has 5 heteroatoms. The fourth-order valence-corrected chi connectivity index (χ4v) is 2.09. The van der Waals surface area contributed by atoms with Crippen molar-refractivity contribution < 1.29 is 4.79 Å². The van der Waals surface area contributed by atoms with Crippen LogP contribution in [0.1, 0.15) is 28.4 Å². The number of benzene rings is 1. The highest BCUT2D eigenvalue weighted by Crippen LogP contribution is 2.17. The maximum Gasteiger partial charge on any atom is 0.253 e.